The predicted molar refractivity (Wildman–Crippen MR) is 79.6 cm³/mol. The second kappa shape index (κ2) is 6.85. The molecule has 19 heavy (non-hydrogen) atoms. The van der Waals surface area contributed by atoms with Crippen LogP contribution in [0.3, 0.4) is 0 Å². The number of fused-ring (bicyclic) bond motifs is 1. The normalized spacial score (nSPS) is 17.4. The van der Waals surface area contributed by atoms with Crippen molar-refractivity contribution in [3.63, 3.8) is 0 Å². The van der Waals surface area contributed by atoms with Gasteiger partial charge in [-0.3, -0.25) is 4.79 Å². The minimum Gasteiger partial charge on any atom is -0.466 e. The van der Waals surface area contributed by atoms with Crippen molar-refractivity contribution in [2.75, 3.05) is 18.1 Å². The molecule has 0 spiro atoms. The highest BCUT2D eigenvalue weighted by molar-refractivity contribution is 8.00. The molecule has 1 unspecified atom stereocenters. The fourth-order valence-corrected chi connectivity index (χ4v) is 3.59. The highest BCUT2D eigenvalue weighted by Gasteiger charge is 2.31. The Morgan fingerprint density at radius 1 is 1.37 bits per heavy atom. The molecule has 3 nitrogen and oxygen atoms in total. The van der Waals surface area contributed by atoms with Crippen LogP contribution in [-0.2, 0) is 9.53 Å². The molecule has 0 saturated heterocycles. The first-order valence-corrected chi connectivity index (χ1v) is 7.82. The van der Waals surface area contributed by atoms with Crippen LogP contribution in [0, 0.1) is 0 Å². The molecule has 0 fully saturated rings. The minimum absolute atomic E-state index is 0.102. The Morgan fingerprint density at radius 2 is 2.16 bits per heavy atom. The van der Waals surface area contributed by atoms with Crippen molar-refractivity contribution in [1.29, 1.82) is 0 Å². The molecule has 0 radical (unpaired) electrons. The van der Waals surface area contributed by atoms with Gasteiger partial charge in [0.05, 0.1) is 24.1 Å². The Kier molecular flexibility index (Phi) is 5.14. The molecule has 1 aromatic rings. The number of unbranched alkanes of at least 4 members (excludes halogenated alkanes) is 1. The number of carbonyl (C=O) groups is 1. The number of anilines is 1. The van der Waals surface area contributed by atoms with Crippen LogP contribution in [0.5, 0.6) is 0 Å². The second-order valence-electron chi connectivity index (χ2n) is 4.60. The monoisotopic (exact) mass is 279 g/mol. The fraction of sp³-hybridized carbons (Fsp3) is 0.533. The summed E-state index contributed by atoms with van der Waals surface area (Å²) in [7, 11) is 0. The van der Waals surface area contributed by atoms with Gasteiger partial charge >= 0.3 is 5.97 Å². The third-order valence-electron chi connectivity index (χ3n) is 3.18. The van der Waals surface area contributed by atoms with E-state index < -0.39 is 0 Å². The van der Waals surface area contributed by atoms with Gasteiger partial charge in [-0.15, -0.1) is 0 Å². The molecule has 4 heteroatoms. The first kappa shape index (κ1) is 14.3. The van der Waals surface area contributed by atoms with E-state index in [9.17, 15) is 4.79 Å². The smallest absolute Gasteiger partial charge is 0.308 e. The molecule has 0 amide bonds. The molecule has 0 aromatic heterocycles. The van der Waals surface area contributed by atoms with E-state index in [4.69, 9.17) is 4.74 Å². The molecule has 0 N–H and O–H groups in total. The molecular weight excluding hydrogens is 258 g/mol. The summed E-state index contributed by atoms with van der Waals surface area (Å²) in [4.78, 5) is 15.3. The molecule has 1 aliphatic rings. The van der Waals surface area contributed by atoms with E-state index in [1.807, 2.05) is 6.92 Å². The lowest BCUT2D eigenvalue weighted by molar-refractivity contribution is -0.143. The Balaban J connectivity index is 2.09. The van der Waals surface area contributed by atoms with Crippen molar-refractivity contribution >= 4 is 23.4 Å². The van der Waals surface area contributed by atoms with Crippen LogP contribution < -0.4 is 4.90 Å². The number of hydrogen-bond acceptors (Lipinski definition) is 4. The van der Waals surface area contributed by atoms with Crippen molar-refractivity contribution in [2.45, 2.75) is 43.4 Å². The number of nitrogens with zero attached hydrogens (tertiary/aromatic N) is 1. The number of ether oxygens (including phenoxy) is 1. The Bertz CT molecular complexity index is 436. The number of rotatable bonds is 6. The van der Waals surface area contributed by atoms with Gasteiger partial charge in [-0.1, -0.05) is 37.2 Å². The number of carbonyl (C=O) groups excluding carboxylic acids is 1. The molecular formula is C15H21NO2S. The molecule has 0 bridgehead atoms. The Labute approximate surface area is 119 Å². The van der Waals surface area contributed by atoms with Crippen LogP contribution in [0.25, 0.3) is 0 Å². The average Bonchev–Trinajstić information content (AvgIpc) is 2.74. The first-order valence-electron chi connectivity index (χ1n) is 6.94. The summed E-state index contributed by atoms with van der Waals surface area (Å²) in [5.41, 5.74) is 1.26. The summed E-state index contributed by atoms with van der Waals surface area (Å²) in [6, 6.07) is 8.38. The summed E-state index contributed by atoms with van der Waals surface area (Å²) in [6.45, 7) is 5.50. The molecule has 2 rings (SSSR count). The van der Waals surface area contributed by atoms with Crippen molar-refractivity contribution in [2.24, 2.45) is 0 Å². The van der Waals surface area contributed by atoms with Crippen LogP contribution in [-0.4, -0.2) is 24.5 Å². The highest BCUT2D eigenvalue weighted by atomic mass is 32.2. The summed E-state index contributed by atoms with van der Waals surface area (Å²) < 4.78 is 5.08. The quantitative estimate of drug-likeness (QED) is 0.743. The number of thioether (sulfide) groups is 1. The largest absolute Gasteiger partial charge is 0.466 e. The highest BCUT2D eigenvalue weighted by Crippen LogP contribution is 2.44. The molecule has 1 aromatic carbocycles. The molecule has 1 aliphatic heterocycles. The number of benzene rings is 1. The van der Waals surface area contributed by atoms with Crippen LogP contribution in [0.1, 0.15) is 33.1 Å². The van der Waals surface area contributed by atoms with E-state index in [-0.39, 0.29) is 11.3 Å². The lowest BCUT2D eigenvalue weighted by atomic mass is 10.2. The third-order valence-corrected chi connectivity index (χ3v) is 4.48. The zero-order chi connectivity index (χ0) is 13.7. The number of hydrogen-bond donors (Lipinski definition) is 0. The minimum atomic E-state index is -0.102. The van der Waals surface area contributed by atoms with Crippen LogP contribution in [0.15, 0.2) is 29.2 Å². The lowest BCUT2D eigenvalue weighted by Crippen LogP contribution is -2.32. The van der Waals surface area contributed by atoms with E-state index in [0.29, 0.717) is 13.0 Å². The van der Waals surface area contributed by atoms with Gasteiger partial charge in [-0.2, -0.15) is 0 Å². The van der Waals surface area contributed by atoms with Crippen LogP contribution in [0.4, 0.5) is 5.69 Å². The second-order valence-corrected chi connectivity index (χ2v) is 5.82. The number of esters is 1. The van der Waals surface area contributed by atoms with E-state index in [0.717, 1.165) is 19.4 Å². The zero-order valence-corrected chi connectivity index (χ0v) is 12.4. The lowest BCUT2D eigenvalue weighted by Gasteiger charge is -2.25. The van der Waals surface area contributed by atoms with Gasteiger partial charge in [0.25, 0.3) is 0 Å². The summed E-state index contributed by atoms with van der Waals surface area (Å²) in [6.07, 6.45) is 2.76. The maximum atomic E-state index is 11.7. The average molecular weight is 279 g/mol. The Hall–Kier alpha value is -1.16. The van der Waals surface area contributed by atoms with Gasteiger partial charge in [-0.05, 0) is 25.5 Å². The molecule has 1 heterocycles. The SMILES string of the molecule is CCCCN1c2ccccc2SC1CC(=O)OCC. The van der Waals surface area contributed by atoms with E-state index in [1.54, 1.807) is 11.8 Å². The van der Waals surface area contributed by atoms with Gasteiger partial charge in [0.15, 0.2) is 0 Å². The van der Waals surface area contributed by atoms with Gasteiger partial charge < -0.3 is 9.64 Å². The molecule has 104 valence electrons. The summed E-state index contributed by atoms with van der Waals surface area (Å²) >= 11 is 1.77. The van der Waals surface area contributed by atoms with E-state index in [2.05, 4.69) is 36.1 Å². The Morgan fingerprint density at radius 3 is 2.89 bits per heavy atom. The first-order chi connectivity index (χ1) is 9.26. The fourth-order valence-electron chi connectivity index (χ4n) is 2.27. The predicted octanol–water partition coefficient (Wildman–Crippen LogP) is 3.68. The van der Waals surface area contributed by atoms with Crippen LogP contribution >= 0.6 is 11.8 Å². The van der Waals surface area contributed by atoms with Gasteiger partial charge in [0.2, 0.25) is 0 Å². The molecule has 0 aliphatic carbocycles. The topological polar surface area (TPSA) is 29.5 Å². The molecule has 0 saturated carbocycles. The van der Waals surface area contributed by atoms with Crippen LogP contribution in [0.2, 0.25) is 0 Å². The van der Waals surface area contributed by atoms with E-state index >= 15 is 0 Å². The van der Waals surface area contributed by atoms with Crippen molar-refractivity contribution in [3.8, 4) is 0 Å². The van der Waals surface area contributed by atoms with Crippen molar-refractivity contribution in [3.05, 3.63) is 24.3 Å². The zero-order valence-electron chi connectivity index (χ0n) is 11.6. The molecule has 1 atom stereocenters. The maximum absolute atomic E-state index is 11.7. The number of para-hydroxylation sites is 1. The standard InChI is InChI=1S/C15H21NO2S/c1-3-5-10-16-12-8-6-7-9-13(12)19-14(16)11-15(17)18-4-2/h6-9,14H,3-5,10-11H2,1-2H3. The summed E-state index contributed by atoms with van der Waals surface area (Å²) in [5.74, 6) is -0.102. The summed E-state index contributed by atoms with van der Waals surface area (Å²) in [5, 5.41) is 0.183. The third kappa shape index (κ3) is 3.44. The van der Waals surface area contributed by atoms with Gasteiger partial charge in [0.1, 0.15) is 0 Å². The van der Waals surface area contributed by atoms with E-state index in [1.165, 1.54) is 10.6 Å². The van der Waals surface area contributed by atoms with Gasteiger partial charge in [-0.25, -0.2) is 0 Å². The maximum Gasteiger partial charge on any atom is 0.308 e. The van der Waals surface area contributed by atoms with Gasteiger partial charge in [0, 0.05) is 11.4 Å². The van der Waals surface area contributed by atoms with Crippen molar-refractivity contribution in [1.82, 2.24) is 0 Å². The van der Waals surface area contributed by atoms with Crippen molar-refractivity contribution < 1.29 is 9.53 Å².